The second kappa shape index (κ2) is 10.5. The van der Waals surface area contributed by atoms with Crippen molar-refractivity contribution < 1.29 is 14.3 Å². The van der Waals surface area contributed by atoms with Crippen LogP contribution in [0.5, 0.6) is 0 Å². The first-order valence-electron chi connectivity index (χ1n) is 13.5. The number of aromatic nitrogens is 5. The van der Waals surface area contributed by atoms with Gasteiger partial charge in [-0.2, -0.15) is 15.2 Å². The number of hydrazine groups is 1. The van der Waals surface area contributed by atoms with Gasteiger partial charge in [0.15, 0.2) is 17.0 Å². The van der Waals surface area contributed by atoms with E-state index in [0.29, 0.717) is 56.7 Å². The molecule has 4 saturated heterocycles. The van der Waals surface area contributed by atoms with E-state index in [1.807, 2.05) is 41.6 Å². The standard InChI is InChI=1S/C26H32N10O3/c1-2-8-28-20(6-1)26(21-7-3-11-32-33-21)25(24-31-13-17-37-24,23-29-9-4-10-30-23)35(36-14-5-16-38-36)18-22(39-26)34-15-12-27-19-34/h1-4,6-11,22,24,27,31H,5,12-19H2. The van der Waals surface area contributed by atoms with Gasteiger partial charge < -0.3 is 14.8 Å². The molecule has 7 heterocycles. The molecule has 2 N–H and O–H groups in total. The number of rotatable bonds is 6. The lowest BCUT2D eigenvalue weighted by Crippen LogP contribution is -2.78. The van der Waals surface area contributed by atoms with Crippen molar-refractivity contribution in [1.29, 1.82) is 0 Å². The van der Waals surface area contributed by atoms with Gasteiger partial charge in [0.2, 0.25) is 0 Å². The predicted molar refractivity (Wildman–Crippen MR) is 137 cm³/mol. The molecule has 0 amide bonds. The zero-order valence-corrected chi connectivity index (χ0v) is 21.6. The van der Waals surface area contributed by atoms with Gasteiger partial charge in [0.25, 0.3) is 0 Å². The quantitative estimate of drug-likeness (QED) is 0.436. The van der Waals surface area contributed by atoms with E-state index in [1.165, 1.54) is 0 Å². The molecule has 0 spiro atoms. The molecule has 4 unspecified atom stereocenters. The number of hydroxylamine groups is 1. The molecule has 39 heavy (non-hydrogen) atoms. The molecule has 3 aromatic rings. The lowest BCUT2D eigenvalue weighted by molar-refractivity contribution is -0.388. The molecule has 4 atom stereocenters. The van der Waals surface area contributed by atoms with Crippen molar-refractivity contribution >= 4 is 0 Å². The van der Waals surface area contributed by atoms with E-state index in [4.69, 9.17) is 34.4 Å². The number of morpholine rings is 1. The minimum absolute atomic E-state index is 0.341. The SMILES string of the molecule is c1ccc(C2(c3cccnn3)OC(N3CCNC3)CN(N3CCCO3)C2(c2ncccn2)C2NCCO2)nc1. The van der Waals surface area contributed by atoms with Crippen LogP contribution in [0.25, 0.3) is 0 Å². The highest BCUT2D eigenvalue weighted by Gasteiger charge is 2.73. The molecule has 3 aromatic heterocycles. The van der Waals surface area contributed by atoms with Gasteiger partial charge in [-0.1, -0.05) is 6.07 Å². The van der Waals surface area contributed by atoms with Crippen LogP contribution in [0.3, 0.4) is 0 Å². The molecule has 13 heteroatoms. The molecule has 0 saturated carbocycles. The van der Waals surface area contributed by atoms with Crippen LogP contribution in [0.1, 0.15) is 23.6 Å². The summed E-state index contributed by atoms with van der Waals surface area (Å²) in [5.74, 6) is 0.509. The van der Waals surface area contributed by atoms with E-state index in [0.717, 1.165) is 19.5 Å². The van der Waals surface area contributed by atoms with Crippen molar-refractivity contribution in [3.8, 4) is 0 Å². The Morgan fingerprint density at radius 3 is 2.49 bits per heavy atom. The second-order valence-corrected chi connectivity index (χ2v) is 9.94. The van der Waals surface area contributed by atoms with E-state index in [1.54, 1.807) is 24.8 Å². The normalized spacial score (nSPS) is 32.6. The number of ether oxygens (including phenoxy) is 2. The summed E-state index contributed by atoms with van der Waals surface area (Å²) in [7, 11) is 0. The summed E-state index contributed by atoms with van der Waals surface area (Å²) >= 11 is 0. The molecule has 4 fully saturated rings. The number of pyridine rings is 1. The molecule has 4 aliphatic heterocycles. The third kappa shape index (κ3) is 3.97. The minimum Gasteiger partial charge on any atom is -0.359 e. The Kier molecular flexibility index (Phi) is 6.74. The topological polar surface area (TPSA) is 126 Å². The summed E-state index contributed by atoms with van der Waals surface area (Å²) < 4.78 is 13.9. The Balaban J connectivity index is 1.57. The van der Waals surface area contributed by atoms with Crippen molar-refractivity contribution in [2.75, 3.05) is 52.6 Å². The fourth-order valence-corrected chi connectivity index (χ4v) is 6.26. The summed E-state index contributed by atoms with van der Waals surface area (Å²) in [6, 6.07) is 11.4. The van der Waals surface area contributed by atoms with Gasteiger partial charge in [0, 0.05) is 51.0 Å². The van der Waals surface area contributed by atoms with E-state index in [9.17, 15) is 0 Å². The fraction of sp³-hybridized carbons (Fsp3) is 0.500. The fourth-order valence-electron chi connectivity index (χ4n) is 6.26. The van der Waals surface area contributed by atoms with Gasteiger partial charge in [-0.3, -0.25) is 20.0 Å². The Hall–Kier alpha value is -3.01. The van der Waals surface area contributed by atoms with Crippen LogP contribution in [0.4, 0.5) is 0 Å². The smallest absolute Gasteiger partial charge is 0.186 e. The molecule has 7 rings (SSSR count). The van der Waals surface area contributed by atoms with Crippen molar-refractivity contribution in [3.05, 3.63) is 78.4 Å². The molecule has 0 bridgehead atoms. The Bertz CT molecular complexity index is 1190. The highest BCUT2D eigenvalue weighted by Crippen LogP contribution is 2.56. The monoisotopic (exact) mass is 532 g/mol. The highest BCUT2D eigenvalue weighted by atomic mass is 16.7. The van der Waals surface area contributed by atoms with Gasteiger partial charge in [-0.15, -0.1) is 5.17 Å². The molecule has 0 aliphatic carbocycles. The van der Waals surface area contributed by atoms with Crippen LogP contribution < -0.4 is 10.6 Å². The number of nitrogens with zero attached hydrogens (tertiary/aromatic N) is 8. The molecular formula is C26H32N10O3. The van der Waals surface area contributed by atoms with Gasteiger partial charge in [0.05, 0.1) is 32.1 Å². The zero-order chi connectivity index (χ0) is 26.1. The van der Waals surface area contributed by atoms with Crippen molar-refractivity contribution in [1.82, 2.24) is 50.9 Å². The van der Waals surface area contributed by atoms with Crippen LogP contribution in [-0.2, 0) is 25.5 Å². The van der Waals surface area contributed by atoms with Crippen LogP contribution in [-0.4, -0.2) is 105 Å². The Morgan fingerprint density at radius 1 is 0.897 bits per heavy atom. The Morgan fingerprint density at radius 2 is 1.79 bits per heavy atom. The number of hydrogen-bond acceptors (Lipinski definition) is 13. The molecule has 13 nitrogen and oxygen atoms in total. The maximum Gasteiger partial charge on any atom is 0.186 e. The second-order valence-electron chi connectivity index (χ2n) is 9.94. The third-order valence-corrected chi connectivity index (χ3v) is 7.85. The summed E-state index contributed by atoms with van der Waals surface area (Å²) in [6.07, 6.45) is 6.88. The van der Waals surface area contributed by atoms with Crippen LogP contribution >= 0.6 is 0 Å². The largest absolute Gasteiger partial charge is 0.359 e. The molecule has 0 aromatic carbocycles. The first-order valence-corrected chi connectivity index (χ1v) is 13.5. The van der Waals surface area contributed by atoms with Gasteiger partial charge in [-0.05, 0) is 36.8 Å². The van der Waals surface area contributed by atoms with Crippen molar-refractivity contribution in [2.24, 2.45) is 0 Å². The van der Waals surface area contributed by atoms with Crippen molar-refractivity contribution in [2.45, 2.75) is 30.0 Å². The summed E-state index contributed by atoms with van der Waals surface area (Å²) in [5, 5.41) is 20.2. The Labute approximate surface area is 226 Å². The van der Waals surface area contributed by atoms with Crippen LogP contribution in [0.2, 0.25) is 0 Å². The molecule has 0 radical (unpaired) electrons. The van der Waals surface area contributed by atoms with Gasteiger partial charge >= 0.3 is 0 Å². The molecular weight excluding hydrogens is 500 g/mol. The van der Waals surface area contributed by atoms with E-state index in [2.05, 4.69) is 25.6 Å². The third-order valence-electron chi connectivity index (χ3n) is 7.85. The predicted octanol–water partition coefficient (Wildman–Crippen LogP) is -0.180. The summed E-state index contributed by atoms with van der Waals surface area (Å²) in [4.78, 5) is 23.2. The van der Waals surface area contributed by atoms with E-state index < -0.39 is 17.4 Å². The average Bonchev–Trinajstić information content (AvgIpc) is 3.82. The molecule has 204 valence electrons. The van der Waals surface area contributed by atoms with E-state index in [-0.39, 0.29) is 6.23 Å². The van der Waals surface area contributed by atoms with Gasteiger partial charge in [-0.25, -0.2) is 9.97 Å². The van der Waals surface area contributed by atoms with Gasteiger partial charge in [0.1, 0.15) is 18.1 Å². The van der Waals surface area contributed by atoms with Crippen LogP contribution in [0, 0.1) is 0 Å². The van der Waals surface area contributed by atoms with E-state index >= 15 is 0 Å². The minimum atomic E-state index is -1.36. The lowest BCUT2D eigenvalue weighted by Gasteiger charge is -2.61. The number of hydrogen-bond donors (Lipinski definition) is 2. The molecule has 4 aliphatic rings. The summed E-state index contributed by atoms with van der Waals surface area (Å²) in [5.41, 5.74) is -1.35. The maximum absolute atomic E-state index is 7.40. The first kappa shape index (κ1) is 25.0. The van der Waals surface area contributed by atoms with Crippen LogP contribution in [0.15, 0.2) is 61.2 Å². The highest BCUT2D eigenvalue weighted by molar-refractivity contribution is 5.39. The van der Waals surface area contributed by atoms with Crippen molar-refractivity contribution in [3.63, 3.8) is 0 Å². The first-order chi connectivity index (χ1) is 19.3. The average molecular weight is 533 g/mol. The number of nitrogens with one attached hydrogen (secondary N) is 2. The summed E-state index contributed by atoms with van der Waals surface area (Å²) in [6.45, 7) is 5.39. The zero-order valence-electron chi connectivity index (χ0n) is 21.6. The maximum atomic E-state index is 7.40. The lowest BCUT2D eigenvalue weighted by atomic mass is 9.70.